The van der Waals surface area contributed by atoms with E-state index in [-0.39, 0.29) is 10.8 Å². The van der Waals surface area contributed by atoms with E-state index in [0.29, 0.717) is 11.8 Å². The van der Waals surface area contributed by atoms with E-state index in [0.717, 1.165) is 31.5 Å². The number of fused-ring (bicyclic) bond motifs is 1. The van der Waals surface area contributed by atoms with Crippen molar-refractivity contribution in [3.05, 3.63) is 45.9 Å². The highest BCUT2D eigenvalue weighted by Crippen LogP contribution is 2.46. The molecule has 1 aliphatic carbocycles. The Morgan fingerprint density at radius 2 is 2.19 bits per heavy atom. The fourth-order valence-electron chi connectivity index (χ4n) is 4.02. The van der Waals surface area contributed by atoms with Gasteiger partial charge in [-0.2, -0.15) is 0 Å². The molecule has 110 valence electrons. The van der Waals surface area contributed by atoms with E-state index < -0.39 is 0 Å². The monoisotopic (exact) mass is 304 g/mol. The maximum atomic E-state index is 13.5. The first kappa shape index (κ1) is 13.5. The first-order valence-corrected chi connectivity index (χ1v) is 8.07. The molecular weight excluding hydrogens is 287 g/mol. The molecule has 1 aromatic carbocycles. The molecule has 2 heterocycles. The summed E-state index contributed by atoms with van der Waals surface area (Å²) in [6, 6.07) is 5.20. The number of benzene rings is 1. The maximum Gasteiger partial charge on any atom is 0.141 e. The normalized spacial score (nSPS) is 28.2. The molecule has 0 saturated heterocycles. The molecule has 1 fully saturated rings. The van der Waals surface area contributed by atoms with Gasteiger partial charge in [-0.3, -0.25) is 4.99 Å². The molecule has 0 bridgehead atoms. The van der Waals surface area contributed by atoms with E-state index in [1.54, 1.807) is 0 Å². The van der Waals surface area contributed by atoms with Crippen molar-refractivity contribution in [3.63, 3.8) is 0 Å². The Morgan fingerprint density at radius 1 is 1.29 bits per heavy atom. The van der Waals surface area contributed by atoms with Crippen LogP contribution in [0.2, 0.25) is 5.02 Å². The van der Waals surface area contributed by atoms with Crippen molar-refractivity contribution < 1.29 is 4.39 Å². The van der Waals surface area contributed by atoms with Crippen LogP contribution in [0, 0.1) is 11.7 Å². The quantitative estimate of drug-likeness (QED) is 0.831. The Labute approximate surface area is 129 Å². The van der Waals surface area contributed by atoms with Gasteiger partial charge in [0, 0.05) is 42.8 Å². The predicted molar refractivity (Wildman–Crippen MR) is 83.4 cm³/mol. The van der Waals surface area contributed by atoms with E-state index in [1.807, 2.05) is 12.1 Å². The van der Waals surface area contributed by atoms with Crippen molar-refractivity contribution in [2.45, 2.75) is 31.6 Å². The molecule has 21 heavy (non-hydrogen) atoms. The van der Waals surface area contributed by atoms with Crippen LogP contribution in [0.3, 0.4) is 0 Å². The number of hydrogen-bond donors (Lipinski definition) is 1. The summed E-state index contributed by atoms with van der Waals surface area (Å²) in [5, 5.41) is 3.68. The second kappa shape index (κ2) is 5.22. The predicted octanol–water partition coefficient (Wildman–Crippen LogP) is 4.06. The van der Waals surface area contributed by atoms with Crippen molar-refractivity contribution in [2.24, 2.45) is 10.9 Å². The highest BCUT2D eigenvalue weighted by Gasteiger charge is 2.38. The van der Waals surface area contributed by atoms with E-state index in [9.17, 15) is 4.39 Å². The lowest BCUT2D eigenvalue weighted by Gasteiger charge is -2.35. The van der Waals surface area contributed by atoms with Gasteiger partial charge < -0.3 is 5.32 Å². The zero-order chi connectivity index (χ0) is 14.4. The van der Waals surface area contributed by atoms with Crippen LogP contribution in [0.4, 0.5) is 4.39 Å². The minimum atomic E-state index is -0.340. The minimum absolute atomic E-state index is 0.223. The molecule has 0 aromatic heterocycles. The van der Waals surface area contributed by atoms with Gasteiger partial charge in [0.2, 0.25) is 0 Å². The number of nitrogens with one attached hydrogen (secondary N) is 1. The highest BCUT2D eigenvalue weighted by molar-refractivity contribution is 6.30. The average Bonchev–Trinajstić information content (AvgIpc) is 2.95. The van der Waals surface area contributed by atoms with Crippen molar-refractivity contribution >= 4 is 17.3 Å². The number of aliphatic imine (C=N–C) groups is 1. The Kier molecular flexibility index (Phi) is 3.35. The lowest BCUT2D eigenvalue weighted by molar-refractivity contribution is 0.521. The Hall–Kier alpha value is -1.19. The molecule has 0 radical (unpaired) electrons. The van der Waals surface area contributed by atoms with Crippen LogP contribution >= 0.6 is 11.6 Å². The van der Waals surface area contributed by atoms with Crippen molar-refractivity contribution in [3.8, 4) is 0 Å². The largest absolute Gasteiger partial charge is 0.313 e. The fourth-order valence-corrected chi connectivity index (χ4v) is 4.21. The summed E-state index contributed by atoms with van der Waals surface area (Å²) in [7, 11) is 0. The summed E-state index contributed by atoms with van der Waals surface area (Å²) in [4.78, 5) is 4.93. The third-order valence-corrected chi connectivity index (χ3v) is 5.25. The van der Waals surface area contributed by atoms with Crippen LogP contribution < -0.4 is 5.32 Å². The summed E-state index contributed by atoms with van der Waals surface area (Å²) in [6.45, 7) is 1.89. The molecule has 1 aromatic rings. The van der Waals surface area contributed by atoms with Gasteiger partial charge in [-0.25, -0.2) is 4.39 Å². The van der Waals surface area contributed by atoms with Crippen LogP contribution in [0.5, 0.6) is 0 Å². The number of hydrogen-bond acceptors (Lipinski definition) is 2. The second-order valence-corrected chi connectivity index (χ2v) is 6.56. The van der Waals surface area contributed by atoms with Crippen molar-refractivity contribution in [2.75, 3.05) is 13.1 Å². The zero-order valence-electron chi connectivity index (χ0n) is 11.8. The Bertz CT molecular complexity index is 650. The number of rotatable bonds is 1. The smallest absolute Gasteiger partial charge is 0.141 e. The van der Waals surface area contributed by atoms with Crippen LogP contribution in [0.25, 0.3) is 0 Å². The molecular formula is C17H18ClFN2. The molecule has 2 nitrogen and oxygen atoms in total. The Morgan fingerprint density at radius 3 is 3.05 bits per heavy atom. The second-order valence-electron chi connectivity index (χ2n) is 6.15. The standard InChI is InChI=1S/C17H18ClFN2/c18-13-8-10(4-5-14(13)19)17-11-2-1-3-15(11)21-16-6-7-20-9-12(16)17/h4-5,8,11,17,20H,1-3,6-7,9H2. The molecule has 0 spiro atoms. The molecule has 2 aliphatic heterocycles. The van der Waals surface area contributed by atoms with E-state index in [2.05, 4.69) is 5.32 Å². The van der Waals surface area contributed by atoms with Crippen LogP contribution in [-0.4, -0.2) is 18.8 Å². The van der Waals surface area contributed by atoms with Gasteiger partial charge in [-0.1, -0.05) is 17.7 Å². The van der Waals surface area contributed by atoms with Gasteiger partial charge in [0.05, 0.1) is 5.02 Å². The van der Waals surface area contributed by atoms with Gasteiger partial charge in [-0.05, 0) is 42.5 Å². The van der Waals surface area contributed by atoms with Gasteiger partial charge in [-0.15, -0.1) is 0 Å². The third-order valence-electron chi connectivity index (χ3n) is 4.96. The number of halogens is 2. The molecule has 3 aliphatic rings. The highest BCUT2D eigenvalue weighted by atomic mass is 35.5. The van der Waals surface area contributed by atoms with E-state index >= 15 is 0 Å². The average molecular weight is 305 g/mol. The molecule has 2 unspecified atom stereocenters. The van der Waals surface area contributed by atoms with Gasteiger partial charge in [0.15, 0.2) is 0 Å². The molecule has 2 atom stereocenters. The summed E-state index contributed by atoms with van der Waals surface area (Å²) in [5.74, 6) is 0.457. The van der Waals surface area contributed by atoms with Crippen LogP contribution in [0.1, 0.15) is 37.2 Å². The zero-order valence-corrected chi connectivity index (χ0v) is 12.6. The summed E-state index contributed by atoms with van der Waals surface area (Å²) < 4.78 is 13.5. The van der Waals surface area contributed by atoms with Crippen molar-refractivity contribution in [1.29, 1.82) is 0 Å². The molecule has 0 amide bonds. The van der Waals surface area contributed by atoms with Crippen LogP contribution in [-0.2, 0) is 0 Å². The summed E-state index contributed by atoms with van der Waals surface area (Å²) in [6.07, 6.45) is 4.50. The van der Waals surface area contributed by atoms with Crippen LogP contribution in [0.15, 0.2) is 34.5 Å². The van der Waals surface area contributed by atoms with E-state index in [4.69, 9.17) is 16.6 Å². The molecule has 1 saturated carbocycles. The molecule has 4 rings (SSSR count). The van der Waals surface area contributed by atoms with Gasteiger partial charge in [0.25, 0.3) is 0 Å². The lowest BCUT2D eigenvalue weighted by Crippen LogP contribution is -2.34. The van der Waals surface area contributed by atoms with Gasteiger partial charge >= 0.3 is 0 Å². The third kappa shape index (κ3) is 2.23. The maximum absolute atomic E-state index is 13.5. The first-order chi connectivity index (χ1) is 10.2. The summed E-state index contributed by atoms with van der Waals surface area (Å²) >= 11 is 6.01. The molecule has 4 heteroatoms. The summed E-state index contributed by atoms with van der Waals surface area (Å²) in [5.41, 5.74) is 5.13. The Balaban J connectivity index is 1.82. The first-order valence-electron chi connectivity index (χ1n) is 7.69. The SMILES string of the molecule is Fc1ccc(C2C3=C(CCNC3)N=C3CCCC32)cc1Cl. The number of nitrogens with zero attached hydrogens (tertiary/aromatic N) is 1. The van der Waals surface area contributed by atoms with Gasteiger partial charge in [0.1, 0.15) is 5.82 Å². The fraction of sp³-hybridized carbons (Fsp3) is 0.471. The molecule has 1 N–H and O–H groups in total. The minimum Gasteiger partial charge on any atom is -0.313 e. The van der Waals surface area contributed by atoms with E-state index in [1.165, 1.54) is 35.9 Å². The topological polar surface area (TPSA) is 24.4 Å². The lowest BCUT2D eigenvalue weighted by atomic mass is 9.75. The van der Waals surface area contributed by atoms with Crippen molar-refractivity contribution in [1.82, 2.24) is 5.32 Å².